The Balaban J connectivity index is 0.000000197. The molecule has 0 spiro atoms. The number of rotatable bonds is 2. The molecule has 10 atom stereocenters. The summed E-state index contributed by atoms with van der Waals surface area (Å²) < 4.78 is 42.6. The van der Waals surface area contributed by atoms with Gasteiger partial charge < -0.3 is 21.3 Å². The van der Waals surface area contributed by atoms with Crippen molar-refractivity contribution < 1.29 is 45.6 Å². The summed E-state index contributed by atoms with van der Waals surface area (Å²) in [6, 6.07) is 2.23. The average Bonchev–Trinajstić information content (AvgIpc) is 3.95. The Bertz CT molecular complexity index is 2150. The van der Waals surface area contributed by atoms with Crippen LogP contribution in [0.1, 0.15) is 250 Å². The van der Waals surface area contributed by atoms with Gasteiger partial charge >= 0.3 is 18.5 Å². The van der Waals surface area contributed by atoms with Crippen LogP contribution in [0.15, 0.2) is 33.1 Å². The topological polar surface area (TPSA) is 244 Å². The first kappa shape index (κ1) is 68.1. The van der Waals surface area contributed by atoms with Gasteiger partial charge in [-0.05, 0) is 121 Å². The SMILES string of the molecule is C1=CCCCCCC1.C1=CCCCCCCCCCC1.O=C1NC2C1[C@H]1CC[C@@H]2C1.O=C1NC2CCCCC12.O=C1N[C@H]2CCCCCCCCCC[C@@H]12.O=C1N[C@H]2CCCCCC[C@@H]12.O=C=NS(=O)(=O)Cl.O=C=NS(=O)(=O)Cl. The van der Waals surface area contributed by atoms with E-state index in [1.807, 2.05) is 0 Å². The lowest BCUT2D eigenvalue weighted by molar-refractivity contribution is -0.138. The number of hydrogen-bond acceptors (Lipinski definition) is 10. The average molecular weight is 1180 g/mol. The zero-order chi connectivity index (χ0) is 57.1. The summed E-state index contributed by atoms with van der Waals surface area (Å²) in [6.07, 6.45) is 63.3. The maximum Gasteiger partial charge on any atom is 0.350 e. The standard InChI is InChI=1S/C13H23NO.C12H22.C9H15NO.C8H11NO.C8H14.C7H11NO.2CClNO3S/c15-13-11-9-7-5-3-1-2-4-6-8-10-12(11)14-13;1-2-4-6-8-10-12-11-9-7-5-3-1;11-9-7-5-3-1-2-4-6-8(7)10-9;10-8-6-4-1-2-5(3-4)7(6)9-8;1-2-4-6-8-7-5-3-1;9-7-5-3-1-2-4-6(5)8-7;2*2-7(5,6)3-1-4/h11-12H,1-10H2,(H,14,15);1-2H,3-12H2;7-8H,1-6H2,(H,10,11);4-7H,1-3H2,(H,9,10);1-2H,3-8H2;5-6H,1-4H2,(H,8,9);;/t11-,12+;;7-,8+;4-,5+,6?,7?;;;;/m1.10..../s1. The predicted octanol–water partition coefficient (Wildman–Crippen LogP) is 12.6. The van der Waals surface area contributed by atoms with Crippen LogP contribution in [0.4, 0.5) is 0 Å². The Hall–Kier alpha value is -3.40. The van der Waals surface area contributed by atoms with E-state index in [-0.39, 0.29) is 0 Å². The summed E-state index contributed by atoms with van der Waals surface area (Å²) in [6.45, 7) is 0. The molecule has 4 saturated heterocycles. The Morgan fingerprint density at radius 2 is 0.646 bits per heavy atom. The van der Waals surface area contributed by atoms with Gasteiger partial charge in [0.25, 0.3) is 12.2 Å². The quantitative estimate of drug-likeness (QED) is 0.0670. The van der Waals surface area contributed by atoms with E-state index in [2.05, 4.69) is 75.7 Å². The highest BCUT2D eigenvalue weighted by Gasteiger charge is 2.57. The van der Waals surface area contributed by atoms with Gasteiger partial charge in [0.05, 0.1) is 23.7 Å². The van der Waals surface area contributed by atoms with Crippen molar-refractivity contribution in [3.8, 4) is 0 Å². The maximum absolute atomic E-state index is 11.4. The molecule has 11 aliphatic rings. The monoisotopic (exact) mass is 1180 g/mol. The second kappa shape index (κ2) is 39.1. The van der Waals surface area contributed by atoms with Gasteiger partial charge in [0.2, 0.25) is 23.6 Å². The molecule has 4 N–H and O–H groups in total. The summed E-state index contributed by atoms with van der Waals surface area (Å²) in [5.41, 5.74) is 0. The first-order valence-corrected chi connectivity index (χ1v) is 35.2. The number of hydrogen-bond donors (Lipinski definition) is 4. The van der Waals surface area contributed by atoms with Crippen molar-refractivity contribution in [1.82, 2.24) is 21.3 Å². The van der Waals surface area contributed by atoms with Crippen LogP contribution in [-0.4, -0.2) is 76.8 Å². The number of isocyanates is 2. The lowest BCUT2D eigenvalue weighted by Gasteiger charge is -2.40. The highest BCUT2D eigenvalue weighted by molar-refractivity contribution is 8.13. The number of carbonyl (C=O) groups is 4. The molecule has 0 aromatic rings. The van der Waals surface area contributed by atoms with E-state index in [0.29, 0.717) is 71.5 Å². The number of carbonyl (C=O) groups excluding carboxylic acids is 6. The van der Waals surface area contributed by atoms with Crippen LogP contribution in [0, 0.1) is 35.5 Å². The number of nitrogens with zero attached hydrogens (tertiary/aromatic N) is 2. The van der Waals surface area contributed by atoms with Gasteiger partial charge in [0, 0.05) is 45.5 Å². The number of β-lactam (4-membered cyclic amide) rings is 4. The van der Waals surface area contributed by atoms with Gasteiger partial charge in [-0.2, -0.15) is 16.8 Å². The van der Waals surface area contributed by atoms with Crippen LogP contribution >= 0.6 is 21.4 Å². The number of allylic oxidation sites excluding steroid dienone is 4. The van der Waals surface area contributed by atoms with Crippen molar-refractivity contribution in [3.63, 3.8) is 0 Å². The van der Waals surface area contributed by atoms with Crippen LogP contribution in [-0.2, 0) is 47.2 Å². The summed E-state index contributed by atoms with van der Waals surface area (Å²) in [4.78, 5) is 62.3. The van der Waals surface area contributed by atoms with Crippen molar-refractivity contribution in [2.45, 2.75) is 275 Å². The second-order valence-electron chi connectivity index (χ2n) is 23.3. The van der Waals surface area contributed by atoms with Crippen LogP contribution in [0.3, 0.4) is 0 Å². The third-order valence-electron chi connectivity index (χ3n) is 17.4. The summed E-state index contributed by atoms with van der Waals surface area (Å²) in [5.74, 6) is 4.46. The molecule has 0 aromatic carbocycles. The van der Waals surface area contributed by atoms with Crippen LogP contribution in [0.25, 0.3) is 0 Å². The van der Waals surface area contributed by atoms with Gasteiger partial charge in [0.1, 0.15) is 0 Å². The molecule has 0 radical (unpaired) electrons. The molecule has 4 aliphatic heterocycles. The van der Waals surface area contributed by atoms with Crippen molar-refractivity contribution in [3.05, 3.63) is 24.3 Å². The largest absolute Gasteiger partial charge is 0.352 e. The number of fused-ring (bicyclic) bond motifs is 8. The fraction of sp³-hybridized carbons (Fsp3) is 0.831. The summed E-state index contributed by atoms with van der Waals surface area (Å²) >= 11 is 0. The molecule has 448 valence electrons. The van der Waals surface area contributed by atoms with Gasteiger partial charge in [-0.15, -0.1) is 0 Å². The van der Waals surface area contributed by atoms with Crippen LogP contribution in [0.5, 0.6) is 0 Å². The molecule has 79 heavy (non-hydrogen) atoms. The lowest BCUT2D eigenvalue weighted by atomic mass is 9.78. The van der Waals surface area contributed by atoms with Crippen molar-refractivity contribution in [1.29, 1.82) is 0 Å². The molecule has 4 amide bonds. The fourth-order valence-corrected chi connectivity index (χ4v) is 13.3. The Kier molecular flexibility index (Phi) is 33.7. The molecular weight excluding hydrogens is 1090 g/mol. The molecule has 7 aliphatic carbocycles. The van der Waals surface area contributed by atoms with Gasteiger partial charge in [-0.1, -0.05) is 174 Å². The van der Waals surface area contributed by atoms with E-state index in [0.717, 1.165) is 43.3 Å². The highest BCUT2D eigenvalue weighted by Crippen LogP contribution is 2.52. The minimum absolute atomic E-state index is 0.291. The third-order valence-corrected chi connectivity index (χ3v) is 18.4. The number of halogens is 2. The van der Waals surface area contributed by atoms with Gasteiger partial charge in [-0.3, -0.25) is 19.2 Å². The second-order valence-corrected chi connectivity index (χ2v) is 27.6. The van der Waals surface area contributed by atoms with Crippen molar-refractivity contribution in [2.24, 2.45) is 44.3 Å². The van der Waals surface area contributed by atoms with E-state index >= 15 is 0 Å². The van der Waals surface area contributed by atoms with Gasteiger partial charge in [0.15, 0.2) is 0 Å². The Morgan fingerprint density at radius 3 is 0.911 bits per heavy atom. The lowest BCUT2D eigenvalue weighted by Crippen LogP contribution is -2.60. The maximum atomic E-state index is 11.4. The molecule has 2 bridgehead atoms. The van der Waals surface area contributed by atoms with Crippen molar-refractivity contribution >= 4 is 75.6 Å². The zero-order valence-electron chi connectivity index (χ0n) is 47.2. The van der Waals surface area contributed by atoms with E-state index in [1.165, 1.54) is 231 Å². The first-order valence-electron chi connectivity index (χ1n) is 30.7. The molecule has 4 heterocycles. The summed E-state index contributed by atoms with van der Waals surface area (Å²) in [7, 11) is 0.752. The molecule has 20 heteroatoms. The highest BCUT2D eigenvalue weighted by atomic mass is 35.7. The Morgan fingerprint density at radius 1 is 0.367 bits per heavy atom. The number of nitrogens with one attached hydrogen (secondary N) is 4. The molecule has 4 unspecified atom stereocenters. The normalized spacial score (nSPS) is 30.8. The third kappa shape index (κ3) is 28.0. The first-order chi connectivity index (χ1) is 38.1. The predicted molar refractivity (Wildman–Crippen MR) is 313 cm³/mol. The zero-order valence-corrected chi connectivity index (χ0v) is 50.4. The summed E-state index contributed by atoms with van der Waals surface area (Å²) in [5, 5.41) is 11.9. The fourth-order valence-electron chi connectivity index (χ4n) is 12.9. The molecule has 16 nitrogen and oxygen atoms in total. The van der Waals surface area contributed by atoms with E-state index in [4.69, 9.17) is 9.59 Å². The minimum Gasteiger partial charge on any atom is -0.352 e. The molecule has 0 aromatic heterocycles. The smallest absolute Gasteiger partial charge is 0.350 e. The van der Waals surface area contributed by atoms with Gasteiger partial charge in [-0.25, -0.2) is 9.59 Å². The van der Waals surface area contributed by atoms with E-state index in [9.17, 15) is 36.0 Å². The van der Waals surface area contributed by atoms with Crippen LogP contribution < -0.4 is 21.3 Å². The minimum atomic E-state index is -4.00. The van der Waals surface area contributed by atoms with Crippen LogP contribution in [0.2, 0.25) is 0 Å². The molecule has 9 fully saturated rings. The molecule has 5 saturated carbocycles. The number of amides is 4. The van der Waals surface area contributed by atoms with Crippen molar-refractivity contribution in [2.75, 3.05) is 0 Å². The van der Waals surface area contributed by atoms with E-state index < -0.39 is 18.5 Å². The Labute approximate surface area is 483 Å². The van der Waals surface area contributed by atoms with E-state index in [1.54, 1.807) is 0 Å². The molecule has 11 rings (SSSR count). The molecular formula is C59H96Cl2N6O10S2.